The average molecular weight is 273 g/mol. The van der Waals surface area contributed by atoms with Crippen molar-refractivity contribution in [3.8, 4) is 0 Å². The summed E-state index contributed by atoms with van der Waals surface area (Å²) in [7, 11) is 0. The summed E-state index contributed by atoms with van der Waals surface area (Å²) in [6.45, 7) is 7.47. The monoisotopic (exact) mass is 273 g/mol. The summed E-state index contributed by atoms with van der Waals surface area (Å²) in [5.41, 5.74) is -0.143. The number of hydrogen-bond acceptors (Lipinski definition) is 4. The van der Waals surface area contributed by atoms with Crippen molar-refractivity contribution in [3.63, 3.8) is 0 Å². The van der Waals surface area contributed by atoms with Gasteiger partial charge in [0.15, 0.2) is 0 Å². The van der Waals surface area contributed by atoms with Crippen molar-refractivity contribution >= 4 is 23.6 Å². The Hall–Kier alpha value is -0.750. The summed E-state index contributed by atoms with van der Waals surface area (Å²) >= 11 is 1.45. The molecule has 1 fully saturated rings. The number of nitrogens with one attached hydrogen (secondary N) is 2. The quantitative estimate of drug-likeness (QED) is 0.750. The Morgan fingerprint density at radius 2 is 2.06 bits per heavy atom. The van der Waals surface area contributed by atoms with Gasteiger partial charge in [0, 0.05) is 25.6 Å². The van der Waals surface area contributed by atoms with Crippen LogP contribution in [0.4, 0.5) is 0 Å². The Morgan fingerprint density at radius 3 is 2.61 bits per heavy atom. The fourth-order valence-electron chi connectivity index (χ4n) is 1.92. The molecule has 0 aliphatic carbocycles. The van der Waals surface area contributed by atoms with Crippen LogP contribution in [-0.4, -0.2) is 47.1 Å². The van der Waals surface area contributed by atoms with Gasteiger partial charge in [0.05, 0.1) is 5.75 Å². The maximum absolute atomic E-state index is 11.8. The lowest BCUT2D eigenvalue weighted by atomic mass is 10.1. The summed E-state index contributed by atoms with van der Waals surface area (Å²) in [4.78, 5) is 25.1. The van der Waals surface area contributed by atoms with Crippen LogP contribution >= 0.6 is 11.8 Å². The molecular formula is C12H23N3O2S. The van der Waals surface area contributed by atoms with E-state index in [-0.39, 0.29) is 23.4 Å². The summed E-state index contributed by atoms with van der Waals surface area (Å²) in [5, 5.41) is 6.18. The van der Waals surface area contributed by atoms with Gasteiger partial charge < -0.3 is 10.2 Å². The molecule has 1 rings (SSSR count). The Kier molecular flexibility index (Phi) is 6.49. The minimum absolute atomic E-state index is 0.0633. The Bertz CT molecular complexity index is 295. The van der Waals surface area contributed by atoms with Crippen molar-refractivity contribution in [3.05, 3.63) is 0 Å². The highest BCUT2D eigenvalue weighted by Gasteiger charge is 2.25. The van der Waals surface area contributed by atoms with Crippen molar-refractivity contribution < 1.29 is 9.59 Å². The van der Waals surface area contributed by atoms with E-state index in [0.717, 1.165) is 19.5 Å². The van der Waals surface area contributed by atoms with E-state index in [2.05, 4.69) is 17.6 Å². The lowest BCUT2D eigenvalue weighted by molar-refractivity contribution is -0.128. The lowest BCUT2D eigenvalue weighted by Crippen LogP contribution is -2.54. The summed E-state index contributed by atoms with van der Waals surface area (Å²) in [6.07, 6.45) is 1.45. The first-order valence-corrected chi connectivity index (χ1v) is 7.60. The van der Waals surface area contributed by atoms with E-state index in [1.165, 1.54) is 11.8 Å². The molecule has 2 amide bonds. The van der Waals surface area contributed by atoms with Gasteiger partial charge >= 0.3 is 0 Å². The first-order chi connectivity index (χ1) is 8.60. The Labute approximate surface area is 113 Å². The minimum atomic E-state index is -0.143. The van der Waals surface area contributed by atoms with Crippen LogP contribution in [0.5, 0.6) is 0 Å². The average Bonchev–Trinajstić information content (AvgIpc) is 2.37. The van der Waals surface area contributed by atoms with E-state index in [1.54, 1.807) is 4.90 Å². The van der Waals surface area contributed by atoms with Gasteiger partial charge in [0.25, 0.3) is 0 Å². The molecule has 2 atom stereocenters. The molecule has 5 nitrogen and oxygen atoms in total. The second kappa shape index (κ2) is 7.63. The molecule has 2 unspecified atom stereocenters. The van der Waals surface area contributed by atoms with Crippen LogP contribution in [0.25, 0.3) is 0 Å². The number of thioether (sulfide) groups is 1. The Balaban J connectivity index is 2.38. The number of amides is 2. The second-order valence-corrected chi connectivity index (χ2v) is 5.39. The molecule has 6 heteroatoms. The van der Waals surface area contributed by atoms with E-state index in [0.29, 0.717) is 12.2 Å². The number of carbonyl (C=O) groups excluding carboxylic acids is 2. The van der Waals surface area contributed by atoms with Crippen molar-refractivity contribution in [2.24, 2.45) is 0 Å². The third-order valence-corrected chi connectivity index (χ3v) is 4.09. The number of carbonyl (C=O) groups is 2. The van der Waals surface area contributed by atoms with Gasteiger partial charge in [0.1, 0.15) is 5.50 Å². The van der Waals surface area contributed by atoms with Gasteiger partial charge in [-0.2, -0.15) is 0 Å². The maximum Gasteiger partial charge on any atom is 0.232 e. The third-order valence-electron chi connectivity index (χ3n) is 3.09. The first kappa shape index (κ1) is 15.3. The molecule has 18 heavy (non-hydrogen) atoms. The van der Waals surface area contributed by atoms with Gasteiger partial charge in [-0.05, 0) is 20.3 Å². The van der Waals surface area contributed by atoms with E-state index >= 15 is 0 Å². The summed E-state index contributed by atoms with van der Waals surface area (Å²) in [5.74, 6) is 0.587. The zero-order valence-corrected chi connectivity index (χ0v) is 12.2. The van der Waals surface area contributed by atoms with Crippen molar-refractivity contribution in [2.45, 2.75) is 45.2 Å². The number of hydrogen-bond donors (Lipinski definition) is 2. The fraction of sp³-hybridized carbons (Fsp3) is 0.833. The van der Waals surface area contributed by atoms with E-state index in [9.17, 15) is 9.59 Å². The van der Waals surface area contributed by atoms with E-state index in [1.807, 2.05) is 13.8 Å². The molecular weight excluding hydrogens is 250 g/mol. The molecule has 1 heterocycles. The van der Waals surface area contributed by atoms with Gasteiger partial charge in [0.2, 0.25) is 11.8 Å². The molecule has 0 bridgehead atoms. The van der Waals surface area contributed by atoms with Crippen molar-refractivity contribution in [1.82, 2.24) is 15.5 Å². The van der Waals surface area contributed by atoms with Gasteiger partial charge in [-0.1, -0.05) is 6.92 Å². The highest BCUT2D eigenvalue weighted by atomic mass is 32.2. The van der Waals surface area contributed by atoms with Crippen molar-refractivity contribution in [1.29, 1.82) is 0 Å². The molecule has 1 aliphatic rings. The standard InChI is InChI=1S/C12H23N3O2S/c1-4-9-7-10(16)14-12(13-9)18-8-11(17)15(5-2)6-3/h9,12-13H,4-8H2,1-3H3,(H,14,16). The van der Waals surface area contributed by atoms with Crippen LogP contribution in [0, 0.1) is 0 Å². The molecule has 2 N–H and O–H groups in total. The Morgan fingerprint density at radius 1 is 1.39 bits per heavy atom. The van der Waals surface area contributed by atoms with Crippen LogP contribution in [0.2, 0.25) is 0 Å². The lowest BCUT2D eigenvalue weighted by Gasteiger charge is -2.30. The van der Waals surface area contributed by atoms with Crippen LogP contribution in [0.15, 0.2) is 0 Å². The highest BCUT2D eigenvalue weighted by Crippen LogP contribution is 2.14. The van der Waals surface area contributed by atoms with Crippen LogP contribution in [0.3, 0.4) is 0 Å². The zero-order chi connectivity index (χ0) is 13.5. The zero-order valence-electron chi connectivity index (χ0n) is 11.4. The summed E-state index contributed by atoms with van der Waals surface area (Å²) < 4.78 is 0. The fourth-order valence-corrected chi connectivity index (χ4v) is 2.91. The molecule has 0 saturated carbocycles. The minimum Gasteiger partial charge on any atom is -0.343 e. The van der Waals surface area contributed by atoms with Crippen molar-refractivity contribution in [2.75, 3.05) is 18.8 Å². The highest BCUT2D eigenvalue weighted by molar-refractivity contribution is 8.00. The third kappa shape index (κ3) is 4.49. The number of nitrogens with zero attached hydrogens (tertiary/aromatic N) is 1. The SMILES string of the molecule is CCC1CC(=O)NC(SCC(=O)N(CC)CC)N1. The largest absolute Gasteiger partial charge is 0.343 e. The predicted octanol–water partition coefficient (Wildman–Crippen LogP) is 0.760. The van der Waals surface area contributed by atoms with E-state index < -0.39 is 0 Å². The van der Waals surface area contributed by atoms with E-state index in [4.69, 9.17) is 0 Å². The maximum atomic E-state index is 11.8. The molecule has 0 aromatic heterocycles. The molecule has 0 radical (unpaired) electrons. The van der Waals surface area contributed by atoms with Crippen LogP contribution in [0.1, 0.15) is 33.6 Å². The molecule has 0 aromatic rings. The van der Waals surface area contributed by atoms with Gasteiger partial charge in [-0.25, -0.2) is 0 Å². The molecule has 1 aliphatic heterocycles. The topological polar surface area (TPSA) is 61.4 Å². The smallest absolute Gasteiger partial charge is 0.232 e. The van der Waals surface area contributed by atoms with Gasteiger partial charge in [-0.3, -0.25) is 14.9 Å². The first-order valence-electron chi connectivity index (χ1n) is 6.55. The molecule has 104 valence electrons. The molecule has 0 aromatic carbocycles. The van der Waals surface area contributed by atoms with Crippen LogP contribution < -0.4 is 10.6 Å². The number of rotatable bonds is 6. The van der Waals surface area contributed by atoms with Crippen LogP contribution in [-0.2, 0) is 9.59 Å². The van der Waals surface area contributed by atoms with Gasteiger partial charge in [-0.15, -0.1) is 11.8 Å². The molecule has 0 spiro atoms. The molecule has 1 saturated heterocycles. The normalized spacial score (nSPS) is 23.6. The second-order valence-electron chi connectivity index (χ2n) is 4.30. The summed E-state index contributed by atoms with van der Waals surface area (Å²) in [6, 6.07) is 0.222. The predicted molar refractivity (Wildman–Crippen MR) is 74.1 cm³/mol.